The van der Waals surface area contributed by atoms with Crippen molar-refractivity contribution in [2.24, 2.45) is 5.73 Å². The molecule has 0 amide bonds. The summed E-state index contributed by atoms with van der Waals surface area (Å²) in [6, 6.07) is 0.369. The molecular formula is C10H19N3O. The average molecular weight is 197 g/mol. The lowest BCUT2D eigenvalue weighted by Crippen LogP contribution is -2.08. The van der Waals surface area contributed by atoms with E-state index < -0.39 is 0 Å². The minimum absolute atomic E-state index is 0.369. The van der Waals surface area contributed by atoms with Crippen LogP contribution in [0.25, 0.3) is 0 Å². The van der Waals surface area contributed by atoms with Crippen molar-refractivity contribution in [3.05, 3.63) is 17.5 Å². The Kier molecular flexibility index (Phi) is 4.10. The van der Waals surface area contributed by atoms with Gasteiger partial charge in [0.1, 0.15) is 0 Å². The SMILES string of the molecule is COCCC(C)n1cc(CN)c(C)n1. The fraction of sp³-hybridized carbons (Fsp3) is 0.700. The maximum atomic E-state index is 5.59. The quantitative estimate of drug-likeness (QED) is 0.773. The van der Waals surface area contributed by atoms with Crippen molar-refractivity contribution in [2.75, 3.05) is 13.7 Å². The van der Waals surface area contributed by atoms with Crippen LogP contribution in [-0.4, -0.2) is 23.5 Å². The monoisotopic (exact) mass is 197 g/mol. The number of aromatic nitrogens is 2. The molecule has 0 aliphatic rings. The molecule has 0 radical (unpaired) electrons. The number of methoxy groups -OCH3 is 1. The zero-order valence-electron chi connectivity index (χ0n) is 9.16. The van der Waals surface area contributed by atoms with E-state index in [1.165, 1.54) is 0 Å². The molecule has 0 aliphatic heterocycles. The van der Waals surface area contributed by atoms with Gasteiger partial charge in [-0.3, -0.25) is 4.68 Å². The largest absolute Gasteiger partial charge is 0.385 e. The molecule has 1 aromatic rings. The zero-order chi connectivity index (χ0) is 10.6. The second kappa shape index (κ2) is 5.12. The highest BCUT2D eigenvalue weighted by molar-refractivity contribution is 5.14. The number of nitrogens with zero attached hydrogens (tertiary/aromatic N) is 2. The van der Waals surface area contributed by atoms with Crippen LogP contribution in [0.1, 0.15) is 30.6 Å². The predicted molar refractivity (Wildman–Crippen MR) is 56.1 cm³/mol. The van der Waals surface area contributed by atoms with Gasteiger partial charge in [0.2, 0.25) is 0 Å². The van der Waals surface area contributed by atoms with E-state index in [-0.39, 0.29) is 0 Å². The van der Waals surface area contributed by atoms with Crippen LogP contribution in [0.5, 0.6) is 0 Å². The van der Waals surface area contributed by atoms with Gasteiger partial charge in [-0.25, -0.2) is 0 Å². The molecule has 0 bridgehead atoms. The van der Waals surface area contributed by atoms with E-state index in [0.29, 0.717) is 12.6 Å². The number of rotatable bonds is 5. The maximum Gasteiger partial charge on any atom is 0.0638 e. The van der Waals surface area contributed by atoms with Crippen LogP contribution in [0.4, 0.5) is 0 Å². The highest BCUT2D eigenvalue weighted by Gasteiger charge is 2.08. The molecule has 1 rings (SSSR count). The molecule has 4 heteroatoms. The van der Waals surface area contributed by atoms with Crippen LogP contribution in [0.15, 0.2) is 6.20 Å². The molecule has 4 nitrogen and oxygen atoms in total. The van der Waals surface area contributed by atoms with Gasteiger partial charge < -0.3 is 10.5 Å². The molecule has 0 spiro atoms. The van der Waals surface area contributed by atoms with E-state index in [1.54, 1.807) is 7.11 Å². The van der Waals surface area contributed by atoms with Gasteiger partial charge in [0.15, 0.2) is 0 Å². The Balaban J connectivity index is 2.65. The molecule has 0 fully saturated rings. The topological polar surface area (TPSA) is 53.1 Å². The Morgan fingerprint density at radius 2 is 2.36 bits per heavy atom. The van der Waals surface area contributed by atoms with Crippen molar-refractivity contribution < 1.29 is 4.74 Å². The molecule has 0 saturated heterocycles. The first-order valence-electron chi connectivity index (χ1n) is 4.92. The summed E-state index contributed by atoms with van der Waals surface area (Å²) in [5.41, 5.74) is 7.73. The smallest absolute Gasteiger partial charge is 0.0638 e. The van der Waals surface area contributed by atoms with Crippen LogP contribution in [0.2, 0.25) is 0 Å². The molecule has 0 aliphatic carbocycles. The van der Waals surface area contributed by atoms with Crippen molar-refractivity contribution in [1.29, 1.82) is 0 Å². The number of aryl methyl sites for hydroxylation is 1. The lowest BCUT2D eigenvalue weighted by molar-refractivity contribution is 0.178. The van der Waals surface area contributed by atoms with Crippen molar-refractivity contribution in [2.45, 2.75) is 32.9 Å². The van der Waals surface area contributed by atoms with Crippen molar-refractivity contribution in [1.82, 2.24) is 9.78 Å². The summed E-state index contributed by atoms with van der Waals surface area (Å²) < 4.78 is 7.00. The first kappa shape index (κ1) is 11.2. The molecule has 0 aromatic carbocycles. The third-order valence-electron chi connectivity index (χ3n) is 2.43. The normalized spacial score (nSPS) is 13.1. The summed E-state index contributed by atoms with van der Waals surface area (Å²) in [6.07, 6.45) is 3.00. The molecule has 2 N–H and O–H groups in total. The minimum Gasteiger partial charge on any atom is -0.385 e. The lowest BCUT2D eigenvalue weighted by Gasteiger charge is -2.10. The Morgan fingerprint density at radius 1 is 1.64 bits per heavy atom. The lowest BCUT2D eigenvalue weighted by atomic mass is 10.2. The number of hydrogen-bond acceptors (Lipinski definition) is 3. The van der Waals surface area contributed by atoms with E-state index >= 15 is 0 Å². The summed E-state index contributed by atoms with van der Waals surface area (Å²) in [7, 11) is 1.71. The third-order valence-corrected chi connectivity index (χ3v) is 2.43. The van der Waals surface area contributed by atoms with Gasteiger partial charge in [0.05, 0.1) is 11.7 Å². The first-order valence-corrected chi connectivity index (χ1v) is 4.92. The van der Waals surface area contributed by atoms with E-state index in [2.05, 4.69) is 12.0 Å². The molecule has 1 atom stereocenters. The first-order chi connectivity index (χ1) is 6.69. The van der Waals surface area contributed by atoms with Crippen LogP contribution in [0.3, 0.4) is 0 Å². The second-order valence-corrected chi connectivity index (χ2v) is 3.55. The second-order valence-electron chi connectivity index (χ2n) is 3.55. The Morgan fingerprint density at radius 3 is 2.86 bits per heavy atom. The Bertz CT molecular complexity index is 283. The fourth-order valence-corrected chi connectivity index (χ4v) is 1.37. The summed E-state index contributed by atoms with van der Waals surface area (Å²) in [5, 5.41) is 4.42. The maximum absolute atomic E-state index is 5.59. The van der Waals surface area contributed by atoms with Crippen molar-refractivity contribution >= 4 is 0 Å². The Hall–Kier alpha value is -0.870. The van der Waals surface area contributed by atoms with E-state index in [0.717, 1.165) is 24.3 Å². The zero-order valence-corrected chi connectivity index (χ0v) is 9.16. The number of ether oxygens (including phenoxy) is 1. The van der Waals surface area contributed by atoms with Crippen LogP contribution < -0.4 is 5.73 Å². The van der Waals surface area contributed by atoms with Crippen LogP contribution in [-0.2, 0) is 11.3 Å². The highest BCUT2D eigenvalue weighted by atomic mass is 16.5. The summed E-state index contributed by atoms with van der Waals surface area (Å²) >= 11 is 0. The predicted octanol–water partition coefficient (Wildman–Crippen LogP) is 1.25. The molecule has 14 heavy (non-hydrogen) atoms. The van der Waals surface area contributed by atoms with E-state index in [1.807, 2.05) is 17.8 Å². The number of hydrogen-bond donors (Lipinski definition) is 1. The van der Waals surface area contributed by atoms with Gasteiger partial charge in [-0.2, -0.15) is 5.10 Å². The molecule has 1 aromatic heterocycles. The number of nitrogens with two attached hydrogens (primary N) is 1. The van der Waals surface area contributed by atoms with Crippen molar-refractivity contribution in [3.8, 4) is 0 Å². The Labute approximate surface area is 85.0 Å². The molecule has 80 valence electrons. The summed E-state index contributed by atoms with van der Waals surface area (Å²) in [6.45, 7) is 5.44. The van der Waals surface area contributed by atoms with E-state index in [9.17, 15) is 0 Å². The fourth-order valence-electron chi connectivity index (χ4n) is 1.37. The molecule has 1 unspecified atom stereocenters. The van der Waals surface area contributed by atoms with Gasteiger partial charge in [-0.05, 0) is 20.3 Å². The highest BCUT2D eigenvalue weighted by Crippen LogP contribution is 2.13. The van der Waals surface area contributed by atoms with Gasteiger partial charge in [0, 0.05) is 32.0 Å². The average Bonchev–Trinajstić information content (AvgIpc) is 2.56. The van der Waals surface area contributed by atoms with Crippen molar-refractivity contribution in [3.63, 3.8) is 0 Å². The molecule has 1 heterocycles. The standard InChI is InChI=1S/C10H19N3O/c1-8(4-5-14-3)13-7-10(6-11)9(2)12-13/h7-8H,4-6,11H2,1-3H3. The van der Waals surface area contributed by atoms with Gasteiger partial charge in [-0.15, -0.1) is 0 Å². The minimum atomic E-state index is 0.369. The summed E-state index contributed by atoms with van der Waals surface area (Å²) in [4.78, 5) is 0. The van der Waals surface area contributed by atoms with Crippen LogP contribution >= 0.6 is 0 Å². The third kappa shape index (κ3) is 2.56. The van der Waals surface area contributed by atoms with Gasteiger partial charge in [0.25, 0.3) is 0 Å². The molecule has 0 saturated carbocycles. The van der Waals surface area contributed by atoms with Gasteiger partial charge in [-0.1, -0.05) is 0 Å². The van der Waals surface area contributed by atoms with Crippen LogP contribution in [0, 0.1) is 6.92 Å². The van der Waals surface area contributed by atoms with E-state index in [4.69, 9.17) is 10.5 Å². The molecular weight excluding hydrogens is 178 g/mol. The summed E-state index contributed by atoms with van der Waals surface area (Å²) in [5.74, 6) is 0. The van der Waals surface area contributed by atoms with Gasteiger partial charge >= 0.3 is 0 Å².